The third kappa shape index (κ3) is 4.81. The van der Waals surface area contributed by atoms with Crippen molar-refractivity contribution in [3.05, 3.63) is 53.6 Å². The van der Waals surface area contributed by atoms with Crippen LogP contribution in [0.1, 0.15) is 22.8 Å². The molecule has 0 bridgehead atoms. The van der Waals surface area contributed by atoms with Gasteiger partial charge in [-0.1, -0.05) is 18.2 Å². The van der Waals surface area contributed by atoms with Gasteiger partial charge >= 0.3 is 5.97 Å². The maximum Gasteiger partial charge on any atom is 0.308 e. The van der Waals surface area contributed by atoms with Gasteiger partial charge in [-0.25, -0.2) is 5.43 Å². The Labute approximate surface area is 145 Å². The smallest absolute Gasteiger partial charge is 0.308 e. The standard InChI is InChI=1S/C18H18N2O5/c1-12(21)25-17-15(23-2)9-13(10-16(17)24-3)11-19-20-18(22)14-7-5-4-6-8-14/h4-11H,1-3H3,(H,20,22)/b19-11-. The van der Waals surface area contributed by atoms with E-state index in [-0.39, 0.29) is 11.7 Å². The van der Waals surface area contributed by atoms with E-state index in [9.17, 15) is 9.59 Å². The molecule has 25 heavy (non-hydrogen) atoms. The summed E-state index contributed by atoms with van der Waals surface area (Å²) >= 11 is 0. The number of nitrogens with one attached hydrogen (secondary N) is 1. The number of hydrogen-bond acceptors (Lipinski definition) is 6. The molecule has 7 heteroatoms. The molecule has 1 N–H and O–H groups in total. The van der Waals surface area contributed by atoms with Crippen LogP contribution in [0.5, 0.6) is 17.2 Å². The second-order valence-corrected chi connectivity index (χ2v) is 4.91. The van der Waals surface area contributed by atoms with Crippen molar-refractivity contribution in [2.45, 2.75) is 6.92 Å². The third-order valence-electron chi connectivity index (χ3n) is 3.14. The van der Waals surface area contributed by atoms with Crippen molar-refractivity contribution in [3.63, 3.8) is 0 Å². The number of amides is 1. The molecule has 0 aromatic heterocycles. The highest BCUT2D eigenvalue weighted by Crippen LogP contribution is 2.38. The highest BCUT2D eigenvalue weighted by Gasteiger charge is 2.15. The van der Waals surface area contributed by atoms with Crippen LogP contribution in [0.4, 0.5) is 0 Å². The summed E-state index contributed by atoms with van der Waals surface area (Å²) in [5.74, 6) is -0.0146. The Morgan fingerprint density at radius 3 is 2.16 bits per heavy atom. The van der Waals surface area contributed by atoms with Crippen molar-refractivity contribution < 1.29 is 23.8 Å². The first-order chi connectivity index (χ1) is 12.0. The quantitative estimate of drug-likeness (QED) is 0.377. The van der Waals surface area contributed by atoms with Gasteiger partial charge in [-0.2, -0.15) is 5.10 Å². The molecule has 1 amide bonds. The molecule has 0 unspecified atom stereocenters. The molecule has 0 heterocycles. The van der Waals surface area contributed by atoms with E-state index in [4.69, 9.17) is 14.2 Å². The van der Waals surface area contributed by atoms with E-state index in [0.717, 1.165) is 0 Å². The van der Waals surface area contributed by atoms with E-state index in [0.29, 0.717) is 22.6 Å². The number of ether oxygens (including phenoxy) is 3. The van der Waals surface area contributed by atoms with E-state index < -0.39 is 5.97 Å². The number of hydrogen-bond donors (Lipinski definition) is 1. The zero-order chi connectivity index (χ0) is 18.2. The summed E-state index contributed by atoms with van der Waals surface area (Å²) in [6, 6.07) is 11.9. The molecule has 0 aliphatic heterocycles. The van der Waals surface area contributed by atoms with Gasteiger partial charge in [0, 0.05) is 18.1 Å². The molecule has 0 atom stereocenters. The van der Waals surface area contributed by atoms with Gasteiger partial charge in [0.1, 0.15) is 0 Å². The number of nitrogens with zero attached hydrogens (tertiary/aromatic N) is 1. The van der Waals surface area contributed by atoms with Crippen LogP contribution in [0.3, 0.4) is 0 Å². The molecule has 0 saturated carbocycles. The van der Waals surface area contributed by atoms with E-state index in [2.05, 4.69) is 10.5 Å². The molecular weight excluding hydrogens is 324 g/mol. The maximum atomic E-state index is 11.9. The lowest BCUT2D eigenvalue weighted by Crippen LogP contribution is -2.17. The van der Waals surface area contributed by atoms with Crippen molar-refractivity contribution in [1.82, 2.24) is 5.43 Å². The summed E-state index contributed by atoms with van der Waals surface area (Å²) in [4.78, 5) is 23.1. The van der Waals surface area contributed by atoms with Crippen molar-refractivity contribution in [1.29, 1.82) is 0 Å². The molecule has 0 aliphatic rings. The summed E-state index contributed by atoms with van der Waals surface area (Å²) < 4.78 is 15.6. The average molecular weight is 342 g/mol. The molecule has 0 radical (unpaired) electrons. The number of rotatable bonds is 6. The lowest BCUT2D eigenvalue weighted by atomic mass is 10.2. The Balaban J connectivity index is 2.19. The Hall–Kier alpha value is -3.35. The lowest BCUT2D eigenvalue weighted by molar-refractivity contribution is -0.132. The normalized spacial score (nSPS) is 10.4. The molecule has 7 nitrogen and oxygen atoms in total. The first-order valence-electron chi connectivity index (χ1n) is 7.38. The molecule has 0 aliphatic carbocycles. The highest BCUT2D eigenvalue weighted by molar-refractivity contribution is 5.95. The molecule has 0 spiro atoms. The van der Waals surface area contributed by atoms with Crippen LogP contribution in [-0.4, -0.2) is 32.3 Å². The average Bonchev–Trinajstić information content (AvgIpc) is 2.62. The van der Waals surface area contributed by atoms with Gasteiger partial charge in [0.2, 0.25) is 5.75 Å². The van der Waals surface area contributed by atoms with E-state index >= 15 is 0 Å². The minimum Gasteiger partial charge on any atom is -0.493 e. The topological polar surface area (TPSA) is 86.2 Å². The second-order valence-electron chi connectivity index (χ2n) is 4.91. The zero-order valence-corrected chi connectivity index (χ0v) is 14.1. The van der Waals surface area contributed by atoms with E-state index in [1.165, 1.54) is 27.4 Å². The number of hydrazone groups is 1. The van der Waals surface area contributed by atoms with Crippen LogP contribution >= 0.6 is 0 Å². The molecular formula is C18H18N2O5. The minimum absolute atomic E-state index is 0.183. The number of carbonyl (C=O) groups is 2. The monoisotopic (exact) mass is 342 g/mol. The van der Waals surface area contributed by atoms with Crippen molar-refractivity contribution in [3.8, 4) is 17.2 Å². The van der Waals surface area contributed by atoms with Crippen molar-refractivity contribution in [2.75, 3.05) is 14.2 Å². The Morgan fingerprint density at radius 1 is 1.04 bits per heavy atom. The fraction of sp³-hybridized carbons (Fsp3) is 0.167. The molecule has 0 fully saturated rings. The van der Waals surface area contributed by atoms with Gasteiger partial charge in [0.15, 0.2) is 11.5 Å². The Kier molecular flexibility index (Phi) is 6.11. The van der Waals surface area contributed by atoms with E-state index in [1.807, 2.05) is 6.07 Å². The number of benzene rings is 2. The molecule has 2 aromatic rings. The summed E-state index contributed by atoms with van der Waals surface area (Å²) in [5.41, 5.74) is 3.53. The Bertz CT molecular complexity index is 762. The molecule has 130 valence electrons. The predicted molar refractivity (Wildman–Crippen MR) is 92.4 cm³/mol. The summed E-state index contributed by atoms with van der Waals surface area (Å²) in [7, 11) is 2.89. The van der Waals surface area contributed by atoms with Crippen LogP contribution in [0.2, 0.25) is 0 Å². The molecule has 2 rings (SSSR count). The maximum absolute atomic E-state index is 11.9. The summed E-state index contributed by atoms with van der Waals surface area (Å²) in [6.07, 6.45) is 1.43. The van der Waals surface area contributed by atoms with Crippen LogP contribution < -0.4 is 19.6 Å². The van der Waals surface area contributed by atoms with Crippen LogP contribution in [0, 0.1) is 0 Å². The molecule has 0 saturated heterocycles. The highest BCUT2D eigenvalue weighted by atomic mass is 16.6. The lowest BCUT2D eigenvalue weighted by Gasteiger charge is -2.13. The number of methoxy groups -OCH3 is 2. The minimum atomic E-state index is -0.492. The fourth-order valence-electron chi connectivity index (χ4n) is 2.04. The Morgan fingerprint density at radius 2 is 1.64 bits per heavy atom. The van der Waals surface area contributed by atoms with Gasteiger partial charge < -0.3 is 14.2 Å². The van der Waals surface area contributed by atoms with Gasteiger partial charge in [-0.3, -0.25) is 9.59 Å². The number of carbonyl (C=O) groups excluding carboxylic acids is 2. The fourth-order valence-corrected chi connectivity index (χ4v) is 2.04. The second kappa shape index (κ2) is 8.49. The van der Waals surface area contributed by atoms with Gasteiger partial charge in [-0.15, -0.1) is 0 Å². The largest absolute Gasteiger partial charge is 0.493 e. The third-order valence-corrected chi connectivity index (χ3v) is 3.14. The predicted octanol–water partition coefficient (Wildman–Crippen LogP) is 2.39. The summed E-state index contributed by atoms with van der Waals surface area (Å²) in [5, 5.41) is 3.92. The SMILES string of the molecule is COc1cc(/C=N\NC(=O)c2ccccc2)cc(OC)c1OC(C)=O. The summed E-state index contributed by atoms with van der Waals surface area (Å²) in [6.45, 7) is 1.29. The van der Waals surface area contributed by atoms with Crippen molar-refractivity contribution >= 4 is 18.1 Å². The van der Waals surface area contributed by atoms with Gasteiger partial charge in [-0.05, 0) is 24.3 Å². The zero-order valence-electron chi connectivity index (χ0n) is 14.1. The van der Waals surface area contributed by atoms with Crippen LogP contribution in [0.25, 0.3) is 0 Å². The van der Waals surface area contributed by atoms with Crippen molar-refractivity contribution in [2.24, 2.45) is 5.10 Å². The van der Waals surface area contributed by atoms with Gasteiger partial charge in [0.05, 0.1) is 20.4 Å². The first-order valence-corrected chi connectivity index (χ1v) is 7.38. The van der Waals surface area contributed by atoms with E-state index in [1.54, 1.807) is 36.4 Å². The van der Waals surface area contributed by atoms with Gasteiger partial charge in [0.25, 0.3) is 5.91 Å². The first kappa shape index (κ1) is 18.0. The van der Waals surface area contributed by atoms with Crippen LogP contribution in [-0.2, 0) is 4.79 Å². The number of esters is 1. The molecule has 2 aromatic carbocycles. The van der Waals surface area contributed by atoms with Crippen LogP contribution in [0.15, 0.2) is 47.6 Å².